The lowest BCUT2D eigenvalue weighted by Crippen LogP contribution is -2.23. The molecule has 148 valence electrons. The minimum Gasteiger partial charge on any atom is -0.283 e. The van der Waals surface area contributed by atoms with E-state index < -0.39 is 0 Å². The summed E-state index contributed by atoms with van der Waals surface area (Å²) >= 11 is 2.79. The smallest absolute Gasteiger partial charge is 0.263 e. The quantitative estimate of drug-likeness (QED) is 0.220. The van der Waals surface area contributed by atoms with E-state index in [0.717, 1.165) is 16.7 Å². The van der Waals surface area contributed by atoms with Crippen molar-refractivity contribution in [2.75, 3.05) is 0 Å². The number of hydrogen-bond acceptors (Lipinski definition) is 5. The second kappa shape index (κ2) is 9.12. The lowest BCUT2D eigenvalue weighted by molar-refractivity contribution is 0.671. The van der Waals surface area contributed by atoms with Gasteiger partial charge in [-0.25, -0.2) is 4.98 Å². The van der Waals surface area contributed by atoms with Gasteiger partial charge in [0.1, 0.15) is 10.1 Å². The van der Waals surface area contributed by atoms with Gasteiger partial charge in [0.15, 0.2) is 5.16 Å². The van der Waals surface area contributed by atoms with Crippen molar-refractivity contribution in [1.82, 2.24) is 9.55 Å². The topological polar surface area (TPSA) is 58.7 Å². The molecule has 2 aromatic carbocycles. The lowest BCUT2D eigenvalue weighted by Gasteiger charge is -2.13. The summed E-state index contributed by atoms with van der Waals surface area (Å²) in [4.78, 5) is 18.9. The first kappa shape index (κ1) is 20.1. The number of nitrogens with zero attached hydrogens (tertiary/aromatic N) is 3. The van der Waals surface area contributed by atoms with Crippen molar-refractivity contribution < 1.29 is 0 Å². The number of nitriles is 1. The van der Waals surface area contributed by atoms with Crippen molar-refractivity contribution in [1.29, 1.82) is 5.26 Å². The molecule has 2 heterocycles. The van der Waals surface area contributed by atoms with E-state index in [4.69, 9.17) is 4.98 Å². The van der Waals surface area contributed by atoms with E-state index in [1.165, 1.54) is 23.1 Å². The first-order valence-corrected chi connectivity index (χ1v) is 11.3. The van der Waals surface area contributed by atoms with E-state index >= 15 is 0 Å². The van der Waals surface area contributed by atoms with Crippen molar-refractivity contribution in [3.05, 3.63) is 94.6 Å². The second-order valence-electron chi connectivity index (χ2n) is 6.72. The summed E-state index contributed by atoms with van der Waals surface area (Å²) < 4.78 is 1.62. The van der Waals surface area contributed by atoms with Gasteiger partial charge >= 0.3 is 0 Å². The van der Waals surface area contributed by atoms with Gasteiger partial charge < -0.3 is 0 Å². The standard InChI is InChI=1S/C24H19N3OS2/c1-2-13-27-23(28)21-20(18-11-7-4-8-12-18)16-29-22(21)26-24(27)30-19(15-25)14-17-9-5-3-6-10-17/h2-12,16,19H,1,13-14H2/t19-/m0/s1. The normalized spacial score (nSPS) is 11.8. The Hall–Kier alpha value is -3.14. The van der Waals surface area contributed by atoms with E-state index in [-0.39, 0.29) is 10.8 Å². The fourth-order valence-corrected chi connectivity index (χ4v) is 5.29. The van der Waals surface area contributed by atoms with Crippen LogP contribution in [-0.4, -0.2) is 14.8 Å². The Labute approximate surface area is 183 Å². The predicted molar refractivity (Wildman–Crippen MR) is 125 cm³/mol. The van der Waals surface area contributed by atoms with Crippen molar-refractivity contribution in [3.8, 4) is 17.2 Å². The summed E-state index contributed by atoms with van der Waals surface area (Å²) in [6, 6.07) is 22.1. The summed E-state index contributed by atoms with van der Waals surface area (Å²) in [6.07, 6.45) is 2.27. The number of rotatable bonds is 7. The molecule has 0 aliphatic rings. The third-order valence-electron chi connectivity index (χ3n) is 4.71. The molecule has 0 spiro atoms. The zero-order chi connectivity index (χ0) is 20.9. The van der Waals surface area contributed by atoms with Gasteiger partial charge in [-0.15, -0.1) is 17.9 Å². The van der Waals surface area contributed by atoms with Crippen LogP contribution in [0.25, 0.3) is 21.3 Å². The molecule has 0 aliphatic carbocycles. The Morgan fingerprint density at radius 2 is 1.87 bits per heavy atom. The molecule has 1 atom stereocenters. The van der Waals surface area contributed by atoms with E-state index in [1.807, 2.05) is 66.0 Å². The van der Waals surface area contributed by atoms with Crippen molar-refractivity contribution in [2.24, 2.45) is 0 Å². The molecule has 0 aliphatic heterocycles. The summed E-state index contributed by atoms with van der Waals surface area (Å²) in [5.41, 5.74) is 2.87. The van der Waals surface area contributed by atoms with Crippen LogP contribution >= 0.6 is 23.1 Å². The van der Waals surface area contributed by atoms with Gasteiger partial charge in [0.2, 0.25) is 0 Å². The molecule has 30 heavy (non-hydrogen) atoms. The maximum Gasteiger partial charge on any atom is 0.263 e. The average Bonchev–Trinajstić information content (AvgIpc) is 3.21. The molecule has 0 saturated carbocycles. The molecule has 0 amide bonds. The molecule has 0 N–H and O–H groups in total. The Morgan fingerprint density at radius 1 is 1.17 bits per heavy atom. The molecule has 2 aromatic heterocycles. The summed E-state index contributed by atoms with van der Waals surface area (Å²) in [6.45, 7) is 4.14. The fourth-order valence-electron chi connectivity index (χ4n) is 3.29. The molecule has 0 fully saturated rings. The molecular weight excluding hydrogens is 410 g/mol. The second-order valence-corrected chi connectivity index (χ2v) is 8.75. The zero-order valence-corrected chi connectivity index (χ0v) is 17.8. The van der Waals surface area contributed by atoms with Crippen LogP contribution in [0.15, 0.2) is 88.6 Å². The molecule has 0 unspecified atom stereocenters. The van der Waals surface area contributed by atoms with E-state index in [2.05, 4.69) is 12.6 Å². The Morgan fingerprint density at radius 3 is 2.53 bits per heavy atom. The number of hydrogen-bond donors (Lipinski definition) is 0. The van der Waals surface area contributed by atoms with E-state index in [9.17, 15) is 10.1 Å². The molecule has 4 nitrogen and oxygen atoms in total. The summed E-state index contributed by atoms with van der Waals surface area (Å²) in [5, 5.41) is 12.5. The predicted octanol–water partition coefficient (Wildman–Crippen LogP) is 5.54. The maximum absolute atomic E-state index is 13.4. The molecular formula is C24H19N3OS2. The van der Waals surface area contributed by atoms with Gasteiger partial charge in [0.25, 0.3) is 5.56 Å². The highest BCUT2D eigenvalue weighted by molar-refractivity contribution is 8.00. The summed E-state index contributed by atoms with van der Waals surface area (Å²) in [7, 11) is 0. The SMILES string of the molecule is C=CCn1c(S[C@H](C#N)Cc2ccccc2)nc2scc(-c3ccccc3)c2c1=O. The van der Waals surface area contributed by atoms with Crippen molar-refractivity contribution in [3.63, 3.8) is 0 Å². The van der Waals surface area contributed by atoms with Crippen LogP contribution in [0.5, 0.6) is 0 Å². The van der Waals surface area contributed by atoms with E-state index in [1.54, 1.807) is 10.6 Å². The Balaban J connectivity index is 1.76. The van der Waals surface area contributed by atoms with Gasteiger partial charge in [-0.3, -0.25) is 9.36 Å². The average molecular weight is 430 g/mol. The van der Waals surface area contributed by atoms with Gasteiger partial charge in [-0.05, 0) is 17.5 Å². The van der Waals surface area contributed by atoms with Crippen LogP contribution in [0.2, 0.25) is 0 Å². The number of allylic oxidation sites excluding steroid dienone is 1. The highest BCUT2D eigenvalue weighted by Crippen LogP contribution is 2.33. The number of thioether (sulfide) groups is 1. The molecule has 0 saturated heterocycles. The first-order valence-electron chi connectivity index (χ1n) is 9.50. The lowest BCUT2D eigenvalue weighted by atomic mass is 10.1. The van der Waals surface area contributed by atoms with Gasteiger partial charge in [0.05, 0.1) is 11.5 Å². The Kier molecular flexibility index (Phi) is 6.12. The monoisotopic (exact) mass is 429 g/mol. The minimum absolute atomic E-state index is 0.0982. The van der Waals surface area contributed by atoms with Crippen molar-refractivity contribution in [2.45, 2.75) is 23.4 Å². The highest BCUT2D eigenvalue weighted by Gasteiger charge is 2.20. The maximum atomic E-state index is 13.4. The van der Waals surface area contributed by atoms with Crippen LogP contribution in [0.1, 0.15) is 5.56 Å². The largest absolute Gasteiger partial charge is 0.283 e. The Bertz CT molecular complexity index is 1270. The molecule has 4 rings (SSSR count). The number of fused-ring (bicyclic) bond motifs is 1. The van der Waals surface area contributed by atoms with Crippen LogP contribution in [0, 0.1) is 11.3 Å². The minimum atomic E-state index is -0.346. The van der Waals surface area contributed by atoms with E-state index in [0.29, 0.717) is 28.3 Å². The highest BCUT2D eigenvalue weighted by atomic mass is 32.2. The van der Waals surface area contributed by atoms with Gasteiger partial charge in [0, 0.05) is 17.5 Å². The van der Waals surface area contributed by atoms with Crippen molar-refractivity contribution >= 4 is 33.3 Å². The molecule has 0 bridgehead atoms. The number of thiophene rings is 1. The van der Waals surface area contributed by atoms with Crippen LogP contribution in [0.3, 0.4) is 0 Å². The molecule has 6 heteroatoms. The first-order chi connectivity index (χ1) is 14.7. The fraction of sp³-hybridized carbons (Fsp3) is 0.125. The number of benzene rings is 2. The third-order valence-corrected chi connectivity index (χ3v) is 6.66. The van der Waals surface area contributed by atoms with Crippen LogP contribution in [-0.2, 0) is 13.0 Å². The molecule has 0 radical (unpaired) electrons. The van der Waals surface area contributed by atoms with Crippen LogP contribution < -0.4 is 5.56 Å². The third kappa shape index (κ3) is 4.09. The van der Waals surface area contributed by atoms with Gasteiger partial charge in [-0.2, -0.15) is 5.26 Å². The number of aromatic nitrogens is 2. The van der Waals surface area contributed by atoms with Crippen LogP contribution in [0.4, 0.5) is 0 Å². The zero-order valence-electron chi connectivity index (χ0n) is 16.2. The molecule has 4 aromatic rings. The summed E-state index contributed by atoms with van der Waals surface area (Å²) in [5.74, 6) is 0. The van der Waals surface area contributed by atoms with Gasteiger partial charge in [-0.1, -0.05) is 78.5 Å².